The fourth-order valence-electron chi connectivity index (χ4n) is 14.7. The summed E-state index contributed by atoms with van der Waals surface area (Å²) in [6, 6.07) is 126. The Bertz CT molecular complexity index is 5090. The normalized spacial score (nSPS) is 12.5. The van der Waals surface area contributed by atoms with Crippen LogP contribution in [0.5, 0.6) is 0 Å². The van der Waals surface area contributed by atoms with E-state index < -0.39 is 5.41 Å². The summed E-state index contributed by atoms with van der Waals surface area (Å²) in [7, 11) is 0. The molecular weight excluding hydrogens is 1050 g/mol. The third-order valence-electron chi connectivity index (χ3n) is 18.4. The zero-order valence-electron chi connectivity index (χ0n) is 47.7. The summed E-state index contributed by atoms with van der Waals surface area (Å²) in [6.45, 7) is 0. The molecule has 17 rings (SSSR count). The highest BCUT2D eigenvalue weighted by Crippen LogP contribution is 2.67. The molecule has 0 saturated heterocycles. The van der Waals surface area contributed by atoms with Gasteiger partial charge in [-0.1, -0.05) is 267 Å². The molecule has 0 atom stereocenters. The second kappa shape index (κ2) is 20.5. The van der Waals surface area contributed by atoms with Crippen molar-refractivity contribution in [3.8, 4) is 66.8 Å². The first-order chi connectivity index (χ1) is 43.2. The third-order valence-corrected chi connectivity index (χ3v) is 18.4. The van der Waals surface area contributed by atoms with E-state index in [-0.39, 0.29) is 0 Å². The molecule has 0 heterocycles. The smallest absolute Gasteiger partial charge is 0.0737 e. The molecule has 15 aromatic rings. The fourth-order valence-corrected chi connectivity index (χ4v) is 14.7. The molecule has 2 aliphatic rings. The van der Waals surface area contributed by atoms with Crippen molar-refractivity contribution in [2.75, 3.05) is 9.80 Å². The molecule has 0 bridgehead atoms. The molecule has 406 valence electrons. The minimum absolute atomic E-state index is 0.664. The number of hydrogen-bond donors (Lipinski definition) is 0. The molecule has 0 aromatic heterocycles. The maximum absolute atomic E-state index is 2.48. The zero-order valence-corrected chi connectivity index (χ0v) is 47.7. The van der Waals surface area contributed by atoms with E-state index in [2.05, 4.69) is 350 Å². The number of fused-ring (bicyclic) bond motifs is 17. The number of rotatable bonds is 10. The first kappa shape index (κ1) is 50.2. The number of nitrogens with zero attached hydrogens (tertiary/aromatic N) is 2. The maximum Gasteiger partial charge on any atom is 0.0737 e. The predicted octanol–water partition coefficient (Wildman–Crippen LogP) is 23.1. The molecular formula is C85H56N2. The maximum atomic E-state index is 2.48. The third kappa shape index (κ3) is 7.96. The van der Waals surface area contributed by atoms with E-state index in [1.54, 1.807) is 0 Å². The first-order valence-electron chi connectivity index (χ1n) is 30.2. The largest absolute Gasteiger partial charge is 0.310 e. The number of hydrogen-bond acceptors (Lipinski definition) is 2. The predicted molar refractivity (Wildman–Crippen MR) is 366 cm³/mol. The topological polar surface area (TPSA) is 6.48 Å². The Hall–Kier alpha value is -11.3. The molecule has 0 N–H and O–H groups in total. The van der Waals surface area contributed by atoms with Crippen LogP contribution >= 0.6 is 0 Å². The summed E-state index contributed by atoms with van der Waals surface area (Å²) in [5, 5.41) is 7.37. The molecule has 0 radical (unpaired) electrons. The zero-order chi connectivity index (χ0) is 57.4. The minimum atomic E-state index is -0.664. The average Bonchev–Trinajstić information content (AvgIpc) is 1.51. The van der Waals surface area contributed by atoms with E-state index in [1.165, 1.54) is 99.1 Å². The Morgan fingerprint density at radius 2 is 0.632 bits per heavy atom. The van der Waals surface area contributed by atoms with Gasteiger partial charge in [0.2, 0.25) is 0 Å². The fraction of sp³-hybridized carbons (Fsp3) is 0.0118. The van der Waals surface area contributed by atoms with Gasteiger partial charge in [-0.3, -0.25) is 0 Å². The highest BCUT2D eigenvalue weighted by Gasteiger charge is 2.54. The van der Waals surface area contributed by atoms with Crippen LogP contribution in [-0.4, -0.2) is 0 Å². The number of benzene rings is 15. The van der Waals surface area contributed by atoms with Crippen LogP contribution in [0.2, 0.25) is 0 Å². The van der Waals surface area contributed by atoms with Gasteiger partial charge in [0.15, 0.2) is 0 Å². The second-order valence-corrected chi connectivity index (χ2v) is 23.0. The lowest BCUT2D eigenvalue weighted by atomic mass is 9.68. The Morgan fingerprint density at radius 3 is 1.15 bits per heavy atom. The first-order valence-corrected chi connectivity index (χ1v) is 30.2. The van der Waals surface area contributed by atoms with Crippen molar-refractivity contribution >= 4 is 66.4 Å². The molecule has 0 fully saturated rings. The van der Waals surface area contributed by atoms with Crippen LogP contribution in [0.1, 0.15) is 22.3 Å². The molecule has 0 saturated carbocycles. The van der Waals surface area contributed by atoms with Gasteiger partial charge in [-0.05, 0) is 183 Å². The van der Waals surface area contributed by atoms with Crippen molar-refractivity contribution < 1.29 is 0 Å². The summed E-state index contributed by atoms with van der Waals surface area (Å²) in [5.74, 6) is 0. The Balaban J connectivity index is 0.910. The lowest BCUT2D eigenvalue weighted by Gasteiger charge is -2.33. The van der Waals surface area contributed by atoms with E-state index in [0.717, 1.165) is 56.4 Å². The lowest BCUT2D eigenvalue weighted by Crippen LogP contribution is -2.26. The van der Waals surface area contributed by atoms with Crippen LogP contribution in [0.25, 0.3) is 99.1 Å². The highest BCUT2D eigenvalue weighted by molar-refractivity contribution is 6.22. The Kier molecular flexibility index (Phi) is 11.8. The van der Waals surface area contributed by atoms with E-state index >= 15 is 0 Å². The quantitative estimate of drug-likeness (QED) is 0.126. The van der Waals surface area contributed by atoms with E-state index in [4.69, 9.17) is 0 Å². The van der Waals surface area contributed by atoms with Gasteiger partial charge in [0.05, 0.1) is 16.8 Å². The molecule has 0 unspecified atom stereocenters. The van der Waals surface area contributed by atoms with Crippen LogP contribution in [0.15, 0.2) is 340 Å². The van der Waals surface area contributed by atoms with Crippen LogP contribution in [0.4, 0.5) is 34.1 Å². The van der Waals surface area contributed by atoms with Gasteiger partial charge in [-0.2, -0.15) is 0 Å². The molecule has 2 heteroatoms. The SMILES string of the molecule is c1ccc(-c2ccc(N(c3ccccc3)c3ccc4c5c(ccc4c3)-c3c(c4ccc(N(c6ccccc6)c6ccc(-c7ccccc7)cc6-c6ccccc6)cc4c4ccccc34)C53c4ccccc4-c4ccccc43)c(-c3ccccc3)c2)cc1. The molecule has 2 nitrogen and oxygen atoms in total. The van der Waals surface area contributed by atoms with Gasteiger partial charge in [0.1, 0.15) is 0 Å². The van der Waals surface area contributed by atoms with Crippen molar-refractivity contribution in [1.29, 1.82) is 0 Å². The number of para-hydroxylation sites is 2. The summed E-state index contributed by atoms with van der Waals surface area (Å²) >= 11 is 0. The van der Waals surface area contributed by atoms with E-state index in [9.17, 15) is 0 Å². The van der Waals surface area contributed by atoms with E-state index in [1.807, 2.05) is 0 Å². The average molecular weight is 1110 g/mol. The summed E-state index contributed by atoms with van der Waals surface area (Å²) in [4.78, 5) is 4.92. The van der Waals surface area contributed by atoms with Crippen molar-refractivity contribution in [2.24, 2.45) is 0 Å². The van der Waals surface area contributed by atoms with Gasteiger partial charge >= 0.3 is 0 Å². The van der Waals surface area contributed by atoms with Crippen molar-refractivity contribution in [2.45, 2.75) is 5.41 Å². The molecule has 0 amide bonds. The van der Waals surface area contributed by atoms with Crippen molar-refractivity contribution in [1.82, 2.24) is 0 Å². The standard InChI is InChI=1S/C85H56N2/c1-7-25-57(26-8-1)61-44-51-80(75(54-61)59-29-11-3-12-30-59)86(64-33-15-5-16-34-64)66-46-49-68-63(53-66)43-48-74-82-72-40-20-19-37-69(72)77-56-67(47-50-73(77)84(82)85(83(68)74)78-41-23-21-38-70(78)71-39-22-24-42-79(71)85)87(65-35-17-6-18-36-65)81-52-45-62(58-27-9-2-10-28-58)55-76(81)60-31-13-4-14-32-60/h1-56H. The van der Waals surface area contributed by atoms with Gasteiger partial charge in [-0.25, -0.2) is 0 Å². The molecule has 2 aliphatic carbocycles. The van der Waals surface area contributed by atoms with Gasteiger partial charge in [0.25, 0.3) is 0 Å². The molecule has 15 aromatic carbocycles. The Labute approximate surface area is 507 Å². The Morgan fingerprint density at radius 1 is 0.207 bits per heavy atom. The van der Waals surface area contributed by atoms with Crippen LogP contribution in [-0.2, 0) is 5.41 Å². The minimum Gasteiger partial charge on any atom is -0.310 e. The summed E-state index contributed by atoms with van der Waals surface area (Å²) < 4.78 is 0. The summed E-state index contributed by atoms with van der Waals surface area (Å²) in [5.41, 5.74) is 25.7. The number of anilines is 6. The van der Waals surface area contributed by atoms with Crippen LogP contribution in [0, 0.1) is 0 Å². The molecule has 87 heavy (non-hydrogen) atoms. The van der Waals surface area contributed by atoms with Gasteiger partial charge in [-0.15, -0.1) is 0 Å². The lowest BCUT2D eigenvalue weighted by molar-refractivity contribution is 0.809. The second-order valence-electron chi connectivity index (χ2n) is 23.0. The van der Waals surface area contributed by atoms with Crippen molar-refractivity contribution in [3.63, 3.8) is 0 Å². The van der Waals surface area contributed by atoms with Crippen LogP contribution in [0.3, 0.4) is 0 Å². The van der Waals surface area contributed by atoms with Crippen LogP contribution < -0.4 is 9.80 Å². The monoisotopic (exact) mass is 1100 g/mol. The van der Waals surface area contributed by atoms with Gasteiger partial charge in [0, 0.05) is 33.9 Å². The molecule has 1 spiro atoms. The summed E-state index contributed by atoms with van der Waals surface area (Å²) in [6.07, 6.45) is 0. The highest BCUT2D eigenvalue weighted by atomic mass is 15.2. The van der Waals surface area contributed by atoms with E-state index in [0.29, 0.717) is 0 Å². The molecule has 0 aliphatic heterocycles. The van der Waals surface area contributed by atoms with Gasteiger partial charge < -0.3 is 9.80 Å². The van der Waals surface area contributed by atoms with Crippen molar-refractivity contribution in [3.05, 3.63) is 362 Å².